The van der Waals surface area contributed by atoms with Gasteiger partial charge < -0.3 is 14.3 Å². The molecule has 1 N–H and O–H groups in total. The third-order valence-corrected chi connectivity index (χ3v) is 3.86. The molecule has 0 saturated heterocycles. The van der Waals surface area contributed by atoms with E-state index >= 15 is 0 Å². The summed E-state index contributed by atoms with van der Waals surface area (Å²) in [6.07, 6.45) is -0.0490. The Balaban J connectivity index is 3.03. The van der Waals surface area contributed by atoms with Gasteiger partial charge in [-0.3, -0.25) is 0 Å². The molecule has 20 heavy (non-hydrogen) atoms. The molecule has 0 aliphatic carbocycles. The number of oxime groups is 1. The van der Waals surface area contributed by atoms with Gasteiger partial charge in [-0.2, -0.15) is 0 Å². The number of hydrogen-bond donors (Lipinski definition) is 1. The van der Waals surface area contributed by atoms with Crippen LogP contribution in [0.15, 0.2) is 29.4 Å². The molecular formula is C13H19FNO4P. The Morgan fingerprint density at radius 3 is 2.65 bits per heavy atom. The van der Waals surface area contributed by atoms with Gasteiger partial charge in [-0.25, -0.2) is 8.96 Å². The number of hydrogen-bond acceptors (Lipinski definition) is 4. The molecule has 0 saturated carbocycles. The second-order valence-corrected chi connectivity index (χ2v) is 6.42. The van der Waals surface area contributed by atoms with E-state index in [-0.39, 0.29) is 30.1 Å². The summed E-state index contributed by atoms with van der Waals surface area (Å²) < 4.78 is 30.7. The third kappa shape index (κ3) is 5.31. The maximum absolute atomic E-state index is 13.7. The van der Waals surface area contributed by atoms with Gasteiger partial charge in [0, 0.05) is 0 Å². The predicted octanol–water partition coefficient (Wildman–Crippen LogP) is 3.38. The summed E-state index contributed by atoms with van der Waals surface area (Å²) in [5, 5.41) is 3.59. The minimum atomic E-state index is -3.91. The Hall–Kier alpha value is -1.39. The van der Waals surface area contributed by atoms with E-state index in [1.165, 1.54) is 18.2 Å². The van der Waals surface area contributed by atoms with Crippen LogP contribution in [0.5, 0.6) is 0 Å². The monoisotopic (exact) mass is 303 g/mol. The fourth-order valence-electron chi connectivity index (χ4n) is 1.51. The molecule has 1 unspecified atom stereocenters. The van der Waals surface area contributed by atoms with E-state index in [4.69, 9.17) is 9.36 Å². The minimum absolute atomic E-state index is 0.0148. The van der Waals surface area contributed by atoms with Crippen LogP contribution in [0.2, 0.25) is 0 Å². The molecule has 0 aliphatic heterocycles. The van der Waals surface area contributed by atoms with Crippen LogP contribution in [0.1, 0.15) is 26.3 Å². The van der Waals surface area contributed by atoms with Crippen molar-refractivity contribution < 1.29 is 23.2 Å². The molecule has 1 atom stereocenters. The van der Waals surface area contributed by atoms with E-state index in [1.807, 2.05) is 0 Å². The standard InChI is InChI=1S/C13H19FNO4P/c1-4-18-15-13(11-7-5-6-8-12(11)14)19-20(16,17)9-10(2)3/h5-8,10H,4,9H2,1-3H3,(H,16,17). The number of rotatable bonds is 6. The molecule has 112 valence electrons. The van der Waals surface area contributed by atoms with Crippen molar-refractivity contribution in [3.63, 3.8) is 0 Å². The first kappa shape index (κ1) is 16.7. The maximum Gasteiger partial charge on any atom is 0.378 e. The molecule has 1 aromatic rings. The van der Waals surface area contributed by atoms with Gasteiger partial charge in [0.05, 0.1) is 11.7 Å². The van der Waals surface area contributed by atoms with Crippen LogP contribution in [0.25, 0.3) is 0 Å². The van der Waals surface area contributed by atoms with Crippen molar-refractivity contribution in [2.75, 3.05) is 12.8 Å². The van der Waals surface area contributed by atoms with Crippen LogP contribution in [-0.2, 0) is 13.9 Å². The zero-order valence-electron chi connectivity index (χ0n) is 11.7. The Kier molecular flexibility index (Phi) is 6.17. The molecule has 0 fully saturated rings. The first-order valence-corrected chi connectivity index (χ1v) is 8.08. The van der Waals surface area contributed by atoms with Crippen LogP contribution in [-0.4, -0.2) is 23.6 Å². The highest BCUT2D eigenvalue weighted by Crippen LogP contribution is 2.44. The normalized spacial score (nSPS) is 15.0. The minimum Gasteiger partial charge on any atom is -0.402 e. The van der Waals surface area contributed by atoms with Gasteiger partial charge in [-0.1, -0.05) is 26.0 Å². The van der Waals surface area contributed by atoms with Crippen LogP contribution in [0, 0.1) is 11.7 Å². The van der Waals surface area contributed by atoms with Crippen LogP contribution < -0.4 is 0 Å². The fraction of sp³-hybridized carbons (Fsp3) is 0.462. The Morgan fingerprint density at radius 1 is 1.45 bits per heavy atom. The highest BCUT2D eigenvalue weighted by Gasteiger charge is 2.26. The molecule has 7 heteroatoms. The lowest BCUT2D eigenvalue weighted by molar-refractivity contribution is 0.152. The SMILES string of the molecule is CCON=C(OP(=O)(O)CC(C)C)c1ccccc1F. The number of nitrogens with zero attached hydrogens (tertiary/aromatic N) is 1. The second-order valence-electron chi connectivity index (χ2n) is 4.60. The summed E-state index contributed by atoms with van der Waals surface area (Å²) in [5.74, 6) is -0.966. The molecule has 1 aromatic carbocycles. The van der Waals surface area contributed by atoms with E-state index in [9.17, 15) is 13.8 Å². The predicted molar refractivity (Wildman–Crippen MR) is 75.2 cm³/mol. The molecular weight excluding hydrogens is 284 g/mol. The van der Waals surface area contributed by atoms with Gasteiger partial charge in [0.2, 0.25) is 0 Å². The number of benzene rings is 1. The molecule has 0 amide bonds. The van der Waals surface area contributed by atoms with E-state index in [0.717, 1.165) is 0 Å². The lowest BCUT2D eigenvalue weighted by Crippen LogP contribution is -2.11. The first-order valence-electron chi connectivity index (χ1n) is 6.32. The second kappa shape index (κ2) is 7.41. The average molecular weight is 303 g/mol. The topological polar surface area (TPSA) is 68.1 Å². The first-order chi connectivity index (χ1) is 9.35. The summed E-state index contributed by atoms with van der Waals surface area (Å²) in [6, 6.07) is 5.70. The molecule has 0 heterocycles. The Labute approximate surface area is 117 Å². The lowest BCUT2D eigenvalue weighted by atomic mass is 10.2. The van der Waals surface area contributed by atoms with Gasteiger partial charge in [-0.15, -0.1) is 0 Å². The smallest absolute Gasteiger partial charge is 0.378 e. The van der Waals surface area contributed by atoms with Crippen molar-refractivity contribution in [2.24, 2.45) is 11.1 Å². The molecule has 0 aromatic heterocycles. The van der Waals surface area contributed by atoms with Crippen molar-refractivity contribution in [2.45, 2.75) is 20.8 Å². The zero-order valence-corrected chi connectivity index (χ0v) is 12.6. The van der Waals surface area contributed by atoms with E-state index in [2.05, 4.69) is 5.16 Å². The van der Waals surface area contributed by atoms with E-state index in [0.29, 0.717) is 0 Å². The molecule has 0 aliphatic rings. The van der Waals surface area contributed by atoms with Crippen LogP contribution in [0.3, 0.4) is 0 Å². The van der Waals surface area contributed by atoms with Gasteiger partial charge >= 0.3 is 7.60 Å². The van der Waals surface area contributed by atoms with Crippen LogP contribution in [0.4, 0.5) is 4.39 Å². The van der Waals surface area contributed by atoms with Gasteiger partial charge in [0.1, 0.15) is 12.4 Å². The van der Waals surface area contributed by atoms with Gasteiger partial charge in [0.25, 0.3) is 5.90 Å². The molecule has 0 bridgehead atoms. The maximum atomic E-state index is 13.7. The summed E-state index contributed by atoms with van der Waals surface area (Å²) in [4.78, 5) is 14.6. The Bertz CT molecular complexity index is 519. The van der Waals surface area contributed by atoms with E-state index in [1.54, 1.807) is 26.8 Å². The molecule has 5 nitrogen and oxygen atoms in total. The Morgan fingerprint density at radius 2 is 2.10 bits per heavy atom. The summed E-state index contributed by atoms with van der Waals surface area (Å²) in [7, 11) is -3.91. The average Bonchev–Trinajstić information content (AvgIpc) is 2.33. The van der Waals surface area contributed by atoms with Crippen molar-refractivity contribution in [3.05, 3.63) is 35.6 Å². The summed E-state index contributed by atoms with van der Waals surface area (Å²) in [5.41, 5.74) is -0.0148. The molecule has 0 spiro atoms. The van der Waals surface area contributed by atoms with Crippen molar-refractivity contribution in [3.8, 4) is 0 Å². The van der Waals surface area contributed by atoms with Crippen molar-refractivity contribution >= 4 is 13.5 Å². The van der Waals surface area contributed by atoms with Gasteiger partial charge in [-0.05, 0) is 30.1 Å². The lowest BCUT2D eigenvalue weighted by Gasteiger charge is -2.16. The largest absolute Gasteiger partial charge is 0.402 e. The van der Waals surface area contributed by atoms with Crippen molar-refractivity contribution in [1.82, 2.24) is 0 Å². The molecule has 1 rings (SSSR count). The quantitative estimate of drug-likeness (QED) is 0.378. The van der Waals surface area contributed by atoms with Crippen molar-refractivity contribution in [1.29, 1.82) is 0 Å². The molecule has 0 radical (unpaired) electrons. The summed E-state index contributed by atoms with van der Waals surface area (Å²) >= 11 is 0. The summed E-state index contributed by atoms with van der Waals surface area (Å²) in [6.45, 7) is 5.50. The van der Waals surface area contributed by atoms with Gasteiger partial charge in [0.15, 0.2) is 0 Å². The third-order valence-electron chi connectivity index (χ3n) is 2.21. The zero-order chi connectivity index (χ0) is 15.2. The highest BCUT2D eigenvalue weighted by atomic mass is 31.2. The van der Waals surface area contributed by atoms with Crippen LogP contribution >= 0.6 is 7.60 Å². The number of halogens is 1. The fourth-order valence-corrected chi connectivity index (χ4v) is 2.91. The highest BCUT2D eigenvalue weighted by molar-refractivity contribution is 7.53. The van der Waals surface area contributed by atoms with E-state index < -0.39 is 13.4 Å².